The van der Waals surface area contributed by atoms with Crippen LogP contribution in [-0.4, -0.2) is 55.8 Å². The number of rotatable bonds is 6. The summed E-state index contributed by atoms with van der Waals surface area (Å²) in [5, 5.41) is 3.22. The highest BCUT2D eigenvalue weighted by molar-refractivity contribution is 7.89. The Morgan fingerprint density at radius 2 is 1.61 bits per heavy atom. The molecule has 1 heterocycles. The number of nitrogens with one attached hydrogen (secondary N) is 1. The van der Waals surface area contributed by atoms with E-state index in [2.05, 4.69) is 10.2 Å². The van der Waals surface area contributed by atoms with Crippen molar-refractivity contribution in [1.29, 1.82) is 0 Å². The third kappa shape index (κ3) is 6.22. The Hall–Kier alpha value is -2.22. The van der Waals surface area contributed by atoms with Crippen molar-refractivity contribution in [1.82, 2.24) is 14.5 Å². The summed E-state index contributed by atoms with van der Waals surface area (Å²) < 4.78 is 27.4. The van der Waals surface area contributed by atoms with Crippen molar-refractivity contribution in [2.45, 2.75) is 62.9 Å². The third-order valence-electron chi connectivity index (χ3n) is 6.78. The monoisotopic (exact) mass is 469 g/mol. The summed E-state index contributed by atoms with van der Waals surface area (Å²) >= 11 is 0. The van der Waals surface area contributed by atoms with Crippen LogP contribution in [0, 0.1) is 6.92 Å². The lowest BCUT2D eigenvalue weighted by Gasteiger charge is -2.34. The average molecular weight is 470 g/mol. The number of carbonyl (C=O) groups excluding carboxylic acids is 1. The molecular formula is C26H35N3O3S. The molecule has 2 aromatic rings. The van der Waals surface area contributed by atoms with Gasteiger partial charge in [-0.15, -0.1) is 0 Å². The summed E-state index contributed by atoms with van der Waals surface area (Å²) in [6.45, 7) is 4.94. The predicted octanol–water partition coefficient (Wildman–Crippen LogP) is 3.95. The van der Waals surface area contributed by atoms with E-state index in [0.29, 0.717) is 43.2 Å². The molecule has 4 rings (SSSR count). The van der Waals surface area contributed by atoms with Crippen LogP contribution >= 0.6 is 0 Å². The SMILES string of the molecule is Cc1ccc(S(=O)(=O)N2CCN(Cc3cccc(C(=O)NC4CCCCCC4)c3)CC2)cc1. The molecule has 33 heavy (non-hydrogen) atoms. The molecule has 2 aliphatic rings. The van der Waals surface area contributed by atoms with Crippen LogP contribution in [0.25, 0.3) is 0 Å². The van der Waals surface area contributed by atoms with Crippen molar-refractivity contribution in [2.24, 2.45) is 0 Å². The molecule has 0 aromatic heterocycles. The second-order valence-corrected chi connectivity index (χ2v) is 11.3. The molecule has 1 aliphatic carbocycles. The van der Waals surface area contributed by atoms with Gasteiger partial charge in [-0.25, -0.2) is 8.42 Å². The Morgan fingerprint density at radius 1 is 0.939 bits per heavy atom. The number of sulfonamides is 1. The largest absolute Gasteiger partial charge is 0.349 e. The number of nitrogens with zero attached hydrogens (tertiary/aromatic N) is 2. The van der Waals surface area contributed by atoms with Gasteiger partial charge in [0.05, 0.1) is 4.90 Å². The maximum Gasteiger partial charge on any atom is 0.251 e. The molecular weight excluding hydrogens is 434 g/mol. The zero-order chi connectivity index (χ0) is 23.3. The highest BCUT2D eigenvalue weighted by atomic mass is 32.2. The Balaban J connectivity index is 1.32. The van der Waals surface area contributed by atoms with Gasteiger partial charge < -0.3 is 5.32 Å². The predicted molar refractivity (Wildman–Crippen MR) is 131 cm³/mol. The quantitative estimate of drug-likeness (QED) is 0.651. The van der Waals surface area contributed by atoms with Crippen molar-refractivity contribution in [2.75, 3.05) is 26.2 Å². The molecule has 1 amide bonds. The molecule has 0 unspecified atom stereocenters. The zero-order valence-electron chi connectivity index (χ0n) is 19.5. The first-order valence-electron chi connectivity index (χ1n) is 12.1. The summed E-state index contributed by atoms with van der Waals surface area (Å²) in [7, 11) is -3.46. The number of amides is 1. The van der Waals surface area contributed by atoms with Crippen molar-refractivity contribution >= 4 is 15.9 Å². The van der Waals surface area contributed by atoms with Crippen LogP contribution < -0.4 is 5.32 Å². The zero-order valence-corrected chi connectivity index (χ0v) is 20.3. The molecule has 178 valence electrons. The lowest BCUT2D eigenvalue weighted by atomic mass is 10.1. The first-order chi connectivity index (χ1) is 15.9. The maximum atomic E-state index is 12.9. The lowest BCUT2D eigenvalue weighted by molar-refractivity contribution is 0.0933. The van der Waals surface area contributed by atoms with Crippen LogP contribution in [0.5, 0.6) is 0 Å². The second kappa shape index (κ2) is 10.8. The van der Waals surface area contributed by atoms with E-state index < -0.39 is 10.0 Å². The summed E-state index contributed by atoms with van der Waals surface area (Å²) in [5.41, 5.74) is 2.83. The van der Waals surface area contributed by atoms with Gasteiger partial charge in [0.15, 0.2) is 0 Å². The minimum Gasteiger partial charge on any atom is -0.349 e. The summed E-state index contributed by atoms with van der Waals surface area (Å²) in [6, 6.07) is 15.2. The van der Waals surface area contributed by atoms with Gasteiger partial charge in [0.25, 0.3) is 5.91 Å². The number of aryl methyl sites for hydroxylation is 1. The van der Waals surface area contributed by atoms with Crippen LogP contribution in [0.3, 0.4) is 0 Å². The summed E-state index contributed by atoms with van der Waals surface area (Å²) in [5.74, 6) is 0.0118. The van der Waals surface area contributed by atoms with Gasteiger partial charge >= 0.3 is 0 Å². The Morgan fingerprint density at radius 3 is 2.27 bits per heavy atom. The summed E-state index contributed by atoms with van der Waals surface area (Å²) in [4.78, 5) is 15.4. The number of carbonyl (C=O) groups is 1. The Kier molecular flexibility index (Phi) is 7.83. The van der Waals surface area contributed by atoms with Crippen LogP contribution in [0.1, 0.15) is 60.0 Å². The van der Waals surface area contributed by atoms with E-state index in [1.54, 1.807) is 16.4 Å². The second-order valence-electron chi connectivity index (χ2n) is 9.36. The molecule has 1 N–H and O–H groups in total. The Bertz CT molecular complexity index is 1040. The van der Waals surface area contributed by atoms with Crippen molar-refractivity contribution < 1.29 is 13.2 Å². The van der Waals surface area contributed by atoms with Crippen LogP contribution in [0.2, 0.25) is 0 Å². The first-order valence-corrected chi connectivity index (χ1v) is 13.5. The van der Waals surface area contributed by atoms with Gasteiger partial charge in [-0.3, -0.25) is 9.69 Å². The van der Waals surface area contributed by atoms with Crippen LogP contribution in [-0.2, 0) is 16.6 Å². The molecule has 0 atom stereocenters. The number of benzene rings is 2. The van der Waals surface area contributed by atoms with Crippen LogP contribution in [0.4, 0.5) is 0 Å². The summed E-state index contributed by atoms with van der Waals surface area (Å²) in [6.07, 6.45) is 7.05. The van der Waals surface area contributed by atoms with E-state index in [4.69, 9.17) is 0 Å². The molecule has 2 fully saturated rings. The molecule has 1 aliphatic heterocycles. The van der Waals surface area contributed by atoms with E-state index in [9.17, 15) is 13.2 Å². The highest BCUT2D eigenvalue weighted by Crippen LogP contribution is 2.20. The number of hydrogen-bond donors (Lipinski definition) is 1. The fourth-order valence-corrected chi connectivity index (χ4v) is 6.17. The van der Waals surface area contributed by atoms with Crippen molar-refractivity contribution in [3.05, 3.63) is 65.2 Å². The van der Waals surface area contributed by atoms with Gasteiger partial charge in [0, 0.05) is 44.3 Å². The van der Waals surface area contributed by atoms with E-state index in [0.717, 1.165) is 24.0 Å². The molecule has 0 spiro atoms. The maximum absolute atomic E-state index is 12.9. The van der Waals surface area contributed by atoms with Gasteiger partial charge in [-0.2, -0.15) is 4.31 Å². The molecule has 1 saturated carbocycles. The third-order valence-corrected chi connectivity index (χ3v) is 8.69. The molecule has 1 saturated heterocycles. The van der Waals surface area contributed by atoms with E-state index >= 15 is 0 Å². The van der Waals surface area contributed by atoms with Gasteiger partial charge in [0.2, 0.25) is 10.0 Å². The molecule has 0 bridgehead atoms. The smallest absolute Gasteiger partial charge is 0.251 e. The molecule has 0 radical (unpaired) electrons. The Labute approximate surface area is 198 Å². The van der Waals surface area contributed by atoms with Gasteiger partial charge in [0.1, 0.15) is 0 Å². The number of piperazine rings is 1. The average Bonchev–Trinajstić information content (AvgIpc) is 3.08. The molecule has 2 aromatic carbocycles. The minimum absolute atomic E-state index is 0.0118. The van der Waals surface area contributed by atoms with Crippen LogP contribution in [0.15, 0.2) is 53.4 Å². The number of hydrogen-bond acceptors (Lipinski definition) is 4. The standard InChI is InChI=1S/C26H35N3O3S/c1-21-11-13-25(14-12-21)33(31,32)29-17-15-28(16-18-29)20-22-7-6-8-23(19-22)26(30)27-24-9-4-2-3-5-10-24/h6-8,11-14,19,24H,2-5,9-10,15-18,20H2,1H3,(H,27,30). The fraction of sp³-hybridized carbons (Fsp3) is 0.500. The highest BCUT2D eigenvalue weighted by Gasteiger charge is 2.28. The lowest BCUT2D eigenvalue weighted by Crippen LogP contribution is -2.48. The normalized spacial score (nSPS) is 19.2. The van der Waals surface area contributed by atoms with E-state index in [-0.39, 0.29) is 11.9 Å². The fourth-order valence-electron chi connectivity index (χ4n) is 4.75. The molecule has 7 heteroatoms. The first kappa shape index (κ1) is 23.9. The van der Waals surface area contributed by atoms with E-state index in [1.165, 1.54) is 25.7 Å². The minimum atomic E-state index is -3.46. The van der Waals surface area contributed by atoms with Gasteiger partial charge in [-0.05, 0) is 49.6 Å². The van der Waals surface area contributed by atoms with Crippen molar-refractivity contribution in [3.63, 3.8) is 0 Å². The van der Waals surface area contributed by atoms with E-state index in [1.807, 2.05) is 43.3 Å². The molecule has 6 nitrogen and oxygen atoms in total. The topological polar surface area (TPSA) is 69.7 Å². The van der Waals surface area contributed by atoms with Crippen molar-refractivity contribution in [3.8, 4) is 0 Å². The van der Waals surface area contributed by atoms with Gasteiger partial charge in [-0.1, -0.05) is 55.5 Å².